The highest BCUT2D eigenvalue weighted by molar-refractivity contribution is 7.99. The van der Waals surface area contributed by atoms with Gasteiger partial charge in [-0.2, -0.15) is 0 Å². The van der Waals surface area contributed by atoms with Crippen LogP contribution in [0.3, 0.4) is 0 Å². The van der Waals surface area contributed by atoms with Crippen molar-refractivity contribution in [2.75, 3.05) is 0 Å². The summed E-state index contributed by atoms with van der Waals surface area (Å²) in [5.41, 5.74) is 0. The van der Waals surface area contributed by atoms with Gasteiger partial charge in [-0.25, -0.2) is 9.97 Å². The van der Waals surface area contributed by atoms with Gasteiger partial charge in [-0.05, 0) is 6.07 Å². The minimum Gasteiger partial charge on any atom is -0.234 e. The highest BCUT2D eigenvalue weighted by Gasteiger charge is 1.96. The molecule has 1 aromatic heterocycles. The van der Waals surface area contributed by atoms with Crippen LogP contribution in [0.25, 0.3) is 0 Å². The molecule has 53 valence electrons. The van der Waals surface area contributed by atoms with Crippen LogP contribution in [-0.2, 0) is 0 Å². The average Bonchev–Trinajstić information content (AvgIpc) is 1.88. The molecule has 0 N–H and O–H groups in total. The fourth-order valence-corrected chi connectivity index (χ4v) is 1.27. The third-order valence-electron chi connectivity index (χ3n) is 0.866. The van der Waals surface area contributed by atoms with Crippen molar-refractivity contribution in [3.05, 3.63) is 18.6 Å². The van der Waals surface area contributed by atoms with Crippen LogP contribution < -0.4 is 0 Å². The van der Waals surface area contributed by atoms with Gasteiger partial charge in [-0.15, -0.1) is 11.8 Å². The van der Waals surface area contributed by atoms with E-state index in [1.807, 2.05) is 6.07 Å². The number of aromatic nitrogens is 2. The normalized spacial score (nSPS) is 10.3. The summed E-state index contributed by atoms with van der Waals surface area (Å²) in [7, 11) is 0. The zero-order valence-electron chi connectivity index (χ0n) is 6.03. The van der Waals surface area contributed by atoms with Gasteiger partial charge in [-0.3, -0.25) is 0 Å². The molecule has 10 heavy (non-hydrogen) atoms. The number of nitrogens with zero attached hydrogens (tertiary/aromatic N) is 2. The summed E-state index contributed by atoms with van der Waals surface area (Å²) in [6, 6.07) is 1.89. The van der Waals surface area contributed by atoms with Gasteiger partial charge in [-0.1, -0.05) is 13.8 Å². The molecule has 0 atom stereocenters. The lowest BCUT2D eigenvalue weighted by molar-refractivity contribution is 1.02. The molecule has 0 fully saturated rings. The van der Waals surface area contributed by atoms with Crippen molar-refractivity contribution in [2.45, 2.75) is 24.1 Å². The fourth-order valence-electron chi connectivity index (χ4n) is 0.557. The molecule has 1 aromatic rings. The third kappa shape index (κ3) is 2.35. The van der Waals surface area contributed by atoms with Crippen LogP contribution in [0.2, 0.25) is 0 Å². The van der Waals surface area contributed by atoms with Crippen LogP contribution in [0.1, 0.15) is 13.8 Å². The molecule has 0 bridgehead atoms. The van der Waals surface area contributed by atoms with Crippen LogP contribution in [0.15, 0.2) is 17.3 Å². The van der Waals surface area contributed by atoms with Crippen molar-refractivity contribution in [1.82, 2.24) is 9.97 Å². The Morgan fingerprint density at radius 1 is 1.60 bits per heavy atom. The van der Waals surface area contributed by atoms with E-state index in [0.29, 0.717) is 5.25 Å². The summed E-state index contributed by atoms with van der Waals surface area (Å²) in [4.78, 5) is 7.65. The van der Waals surface area contributed by atoms with Crippen molar-refractivity contribution in [3.63, 3.8) is 0 Å². The molecule has 0 aliphatic carbocycles. The number of thioether (sulfide) groups is 1. The molecule has 0 spiro atoms. The maximum Gasteiger partial charge on any atom is 0.198 e. The zero-order valence-corrected chi connectivity index (χ0v) is 6.85. The molecule has 0 aliphatic rings. The smallest absolute Gasteiger partial charge is 0.198 e. The highest BCUT2D eigenvalue weighted by atomic mass is 32.2. The van der Waals surface area contributed by atoms with Gasteiger partial charge < -0.3 is 0 Å². The number of hydrogen-bond donors (Lipinski definition) is 0. The van der Waals surface area contributed by atoms with Gasteiger partial charge >= 0.3 is 0 Å². The zero-order chi connectivity index (χ0) is 7.40. The lowest BCUT2D eigenvalue weighted by atomic mass is 10.6. The first-order valence-electron chi connectivity index (χ1n) is 3.15. The Morgan fingerprint density at radius 2 is 2.40 bits per heavy atom. The molecule has 1 heterocycles. The quantitative estimate of drug-likeness (QED) is 0.478. The van der Waals surface area contributed by atoms with Crippen LogP contribution in [0.4, 0.5) is 0 Å². The maximum atomic E-state index is 3.95. The second kappa shape index (κ2) is 3.56. The monoisotopic (exact) mass is 153 g/mol. The summed E-state index contributed by atoms with van der Waals surface area (Å²) in [5.74, 6) is 0. The second-order valence-electron chi connectivity index (χ2n) is 2.16. The molecule has 0 aromatic carbocycles. The molecule has 1 rings (SSSR count). The largest absolute Gasteiger partial charge is 0.234 e. The Balaban J connectivity index is 2.59. The van der Waals surface area contributed by atoms with Gasteiger partial charge in [0.15, 0.2) is 6.33 Å². The van der Waals surface area contributed by atoms with Crippen LogP contribution in [0.5, 0.6) is 0 Å². The van der Waals surface area contributed by atoms with E-state index in [0.717, 1.165) is 5.03 Å². The van der Waals surface area contributed by atoms with Crippen LogP contribution in [-0.4, -0.2) is 15.2 Å². The average molecular weight is 153 g/mol. The number of rotatable bonds is 2. The molecule has 3 heteroatoms. The molecule has 0 aliphatic heterocycles. The molecule has 0 unspecified atom stereocenters. The Kier molecular flexibility index (Phi) is 2.68. The molecule has 0 saturated heterocycles. The van der Waals surface area contributed by atoms with Gasteiger partial charge in [0.05, 0.1) is 0 Å². The van der Waals surface area contributed by atoms with E-state index in [1.165, 1.54) is 0 Å². The third-order valence-corrected chi connectivity index (χ3v) is 1.81. The van der Waals surface area contributed by atoms with Crippen molar-refractivity contribution in [1.29, 1.82) is 0 Å². The molecular weight excluding hydrogens is 144 g/mol. The Bertz CT molecular complexity index is 186. The summed E-state index contributed by atoms with van der Waals surface area (Å²) >= 11 is 1.72. The van der Waals surface area contributed by atoms with E-state index in [2.05, 4.69) is 30.1 Å². The van der Waals surface area contributed by atoms with E-state index >= 15 is 0 Å². The summed E-state index contributed by atoms with van der Waals surface area (Å²) < 4.78 is 0. The first kappa shape index (κ1) is 7.54. The molecule has 1 radical (unpaired) electrons. The molecule has 0 saturated carbocycles. The van der Waals surface area contributed by atoms with E-state index < -0.39 is 0 Å². The standard InChI is InChI=1S/C7H9N2S/c1-6(2)10-7-3-4-8-5-9-7/h3-4,6H,1-2H3. The Morgan fingerprint density at radius 3 is 2.90 bits per heavy atom. The lowest BCUT2D eigenvalue weighted by Gasteiger charge is -2.00. The van der Waals surface area contributed by atoms with Crippen molar-refractivity contribution in [3.8, 4) is 0 Å². The minimum absolute atomic E-state index is 0.572. The summed E-state index contributed by atoms with van der Waals surface area (Å²) in [6.45, 7) is 4.26. The van der Waals surface area contributed by atoms with Crippen molar-refractivity contribution in [2.24, 2.45) is 0 Å². The van der Waals surface area contributed by atoms with Gasteiger partial charge in [0.2, 0.25) is 0 Å². The topological polar surface area (TPSA) is 25.8 Å². The predicted octanol–water partition coefficient (Wildman–Crippen LogP) is 1.78. The predicted molar refractivity (Wildman–Crippen MR) is 41.9 cm³/mol. The molecular formula is C7H9N2S. The van der Waals surface area contributed by atoms with Gasteiger partial charge in [0, 0.05) is 11.4 Å². The molecule has 2 nitrogen and oxygen atoms in total. The lowest BCUT2D eigenvalue weighted by Crippen LogP contribution is -1.88. The second-order valence-corrected chi connectivity index (χ2v) is 3.76. The maximum absolute atomic E-state index is 3.95. The van der Waals surface area contributed by atoms with Crippen molar-refractivity contribution < 1.29 is 0 Å². The Labute approximate surface area is 65.1 Å². The van der Waals surface area contributed by atoms with E-state index in [1.54, 1.807) is 18.0 Å². The van der Waals surface area contributed by atoms with E-state index in [9.17, 15) is 0 Å². The first-order chi connectivity index (χ1) is 4.79. The fraction of sp³-hybridized carbons (Fsp3) is 0.429. The van der Waals surface area contributed by atoms with E-state index in [-0.39, 0.29) is 0 Å². The van der Waals surface area contributed by atoms with Crippen LogP contribution >= 0.6 is 11.8 Å². The van der Waals surface area contributed by atoms with Gasteiger partial charge in [0.1, 0.15) is 5.03 Å². The van der Waals surface area contributed by atoms with Crippen LogP contribution in [0, 0.1) is 6.33 Å². The summed E-state index contributed by atoms with van der Waals surface area (Å²) in [6.07, 6.45) is 4.25. The highest BCUT2D eigenvalue weighted by Crippen LogP contribution is 2.18. The SMILES string of the molecule is CC(C)Sc1ccn[c]n1. The van der Waals surface area contributed by atoms with E-state index in [4.69, 9.17) is 0 Å². The molecule has 0 amide bonds. The first-order valence-corrected chi connectivity index (χ1v) is 4.03. The number of hydrogen-bond acceptors (Lipinski definition) is 3. The Hall–Kier alpha value is -0.570. The van der Waals surface area contributed by atoms with Gasteiger partial charge in [0.25, 0.3) is 0 Å². The van der Waals surface area contributed by atoms with Crippen molar-refractivity contribution >= 4 is 11.8 Å². The minimum atomic E-state index is 0.572. The summed E-state index contributed by atoms with van der Waals surface area (Å²) in [5, 5.41) is 1.56.